The molecule has 5 nitrogen and oxygen atoms in total. The largest absolute Gasteiger partial charge is 0.354 e. The molecule has 0 spiro atoms. The number of hydrogen-bond acceptors (Lipinski definition) is 5. The standard InChI is InChI=1S/C14H14ClN3O2S/c1-18(9-10-5-3-2-4-6-10)13-12-11(16-14(15)17-13)7-8-21(12,19)20/h2-6H,7-9H2,1H3. The van der Waals surface area contributed by atoms with E-state index in [0.717, 1.165) is 5.56 Å². The number of aromatic nitrogens is 2. The van der Waals surface area contributed by atoms with Crippen LogP contribution < -0.4 is 4.90 Å². The molecule has 110 valence electrons. The molecule has 0 fully saturated rings. The Hall–Kier alpha value is -1.66. The highest BCUT2D eigenvalue weighted by Crippen LogP contribution is 2.33. The minimum absolute atomic E-state index is 0.0729. The van der Waals surface area contributed by atoms with Crippen LogP contribution in [-0.2, 0) is 22.8 Å². The Labute approximate surface area is 128 Å². The van der Waals surface area contributed by atoms with Crippen LogP contribution in [0.15, 0.2) is 35.2 Å². The van der Waals surface area contributed by atoms with Gasteiger partial charge in [0.05, 0.1) is 11.4 Å². The van der Waals surface area contributed by atoms with Crippen LogP contribution in [0, 0.1) is 0 Å². The summed E-state index contributed by atoms with van der Waals surface area (Å²) < 4.78 is 24.4. The average Bonchev–Trinajstić information content (AvgIpc) is 2.74. The highest BCUT2D eigenvalue weighted by molar-refractivity contribution is 7.91. The predicted octanol–water partition coefficient (Wildman–Crippen LogP) is 2.10. The highest BCUT2D eigenvalue weighted by Gasteiger charge is 2.33. The van der Waals surface area contributed by atoms with Gasteiger partial charge in [-0.2, -0.15) is 4.98 Å². The lowest BCUT2D eigenvalue weighted by atomic mass is 10.2. The molecule has 0 unspecified atom stereocenters. The summed E-state index contributed by atoms with van der Waals surface area (Å²) in [5.41, 5.74) is 1.59. The number of fused-ring (bicyclic) bond motifs is 1. The molecule has 3 rings (SSSR count). The van der Waals surface area contributed by atoms with Gasteiger partial charge in [-0.25, -0.2) is 13.4 Å². The van der Waals surface area contributed by atoms with Crippen molar-refractivity contribution in [1.82, 2.24) is 9.97 Å². The van der Waals surface area contributed by atoms with E-state index >= 15 is 0 Å². The zero-order chi connectivity index (χ0) is 15.0. The van der Waals surface area contributed by atoms with Gasteiger partial charge in [-0.15, -0.1) is 0 Å². The van der Waals surface area contributed by atoms with Gasteiger partial charge in [0, 0.05) is 20.0 Å². The van der Waals surface area contributed by atoms with E-state index in [2.05, 4.69) is 9.97 Å². The van der Waals surface area contributed by atoms with E-state index < -0.39 is 9.84 Å². The maximum absolute atomic E-state index is 12.2. The molecule has 0 atom stereocenters. The second-order valence-corrected chi connectivity index (χ2v) is 7.39. The molecule has 0 saturated carbocycles. The SMILES string of the molecule is CN(Cc1ccccc1)c1nc(Cl)nc2c1S(=O)(=O)CC2. The first-order chi connectivity index (χ1) is 9.97. The van der Waals surface area contributed by atoms with E-state index in [0.29, 0.717) is 24.5 Å². The normalized spacial score (nSPS) is 15.7. The summed E-state index contributed by atoms with van der Waals surface area (Å²) in [6.07, 6.45) is 0.395. The zero-order valence-corrected chi connectivity index (χ0v) is 13.0. The van der Waals surface area contributed by atoms with Crippen molar-refractivity contribution < 1.29 is 8.42 Å². The van der Waals surface area contributed by atoms with Crippen molar-refractivity contribution in [2.75, 3.05) is 17.7 Å². The third kappa shape index (κ3) is 2.73. The van der Waals surface area contributed by atoms with Gasteiger partial charge in [0.2, 0.25) is 5.28 Å². The topological polar surface area (TPSA) is 63.2 Å². The first-order valence-electron chi connectivity index (χ1n) is 6.51. The Kier molecular flexibility index (Phi) is 3.59. The van der Waals surface area contributed by atoms with Crippen LogP contribution >= 0.6 is 11.6 Å². The van der Waals surface area contributed by atoms with Gasteiger partial charge < -0.3 is 4.90 Å². The minimum atomic E-state index is -3.32. The minimum Gasteiger partial charge on any atom is -0.354 e. The molecule has 1 aromatic heterocycles. The molecule has 7 heteroatoms. The number of rotatable bonds is 3. The smallest absolute Gasteiger partial charge is 0.224 e. The fourth-order valence-electron chi connectivity index (χ4n) is 2.47. The summed E-state index contributed by atoms with van der Waals surface area (Å²) in [4.78, 5) is 10.2. The molecular formula is C14H14ClN3O2S. The van der Waals surface area contributed by atoms with Crippen LogP contribution in [-0.4, -0.2) is 31.2 Å². The Bertz CT molecular complexity index is 778. The van der Waals surface area contributed by atoms with Gasteiger partial charge in [0.25, 0.3) is 0 Å². The molecule has 0 bridgehead atoms. The predicted molar refractivity (Wildman–Crippen MR) is 81.3 cm³/mol. The zero-order valence-electron chi connectivity index (χ0n) is 11.5. The second kappa shape index (κ2) is 5.27. The maximum Gasteiger partial charge on any atom is 0.224 e. The van der Waals surface area contributed by atoms with Crippen molar-refractivity contribution in [3.05, 3.63) is 46.9 Å². The van der Waals surface area contributed by atoms with Crippen molar-refractivity contribution in [3.8, 4) is 0 Å². The molecule has 0 aliphatic carbocycles. The van der Waals surface area contributed by atoms with E-state index in [4.69, 9.17) is 11.6 Å². The average molecular weight is 324 g/mol. The van der Waals surface area contributed by atoms with Crippen molar-refractivity contribution in [1.29, 1.82) is 0 Å². The van der Waals surface area contributed by atoms with Gasteiger partial charge in [0.15, 0.2) is 15.7 Å². The molecular weight excluding hydrogens is 310 g/mol. The fraction of sp³-hybridized carbons (Fsp3) is 0.286. The lowest BCUT2D eigenvalue weighted by Crippen LogP contribution is -2.21. The lowest BCUT2D eigenvalue weighted by Gasteiger charge is -2.20. The van der Waals surface area contributed by atoms with Gasteiger partial charge in [0.1, 0.15) is 4.90 Å². The molecule has 0 N–H and O–H groups in total. The van der Waals surface area contributed by atoms with E-state index in [9.17, 15) is 8.42 Å². The van der Waals surface area contributed by atoms with Crippen molar-refractivity contribution in [3.63, 3.8) is 0 Å². The Balaban J connectivity index is 2.03. The molecule has 1 aliphatic heterocycles. The molecule has 0 amide bonds. The first kappa shape index (κ1) is 14.3. The summed E-state index contributed by atoms with van der Waals surface area (Å²) in [6, 6.07) is 9.78. The number of benzene rings is 1. The number of halogens is 1. The lowest BCUT2D eigenvalue weighted by molar-refractivity contribution is 0.599. The summed E-state index contributed by atoms with van der Waals surface area (Å²) in [6.45, 7) is 0.552. The van der Waals surface area contributed by atoms with Crippen LogP contribution in [0.2, 0.25) is 5.28 Å². The van der Waals surface area contributed by atoms with E-state index in [-0.39, 0.29) is 15.9 Å². The maximum atomic E-state index is 12.2. The Morgan fingerprint density at radius 3 is 2.67 bits per heavy atom. The highest BCUT2D eigenvalue weighted by atomic mass is 35.5. The molecule has 2 aromatic rings. The quantitative estimate of drug-likeness (QED) is 0.809. The number of anilines is 1. The summed E-state index contributed by atoms with van der Waals surface area (Å²) in [7, 11) is -1.51. The number of nitrogens with zero attached hydrogens (tertiary/aromatic N) is 3. The van der Waals surface area contributed by atoms with Crippen LogP contribution in [0.4, 0.5) is 5.82 Å². The summed E-state index contributed by atoms with van der Waals surface area (Å²) in [5.74, 6) is 0.454. The van der Waals surface area contributed by atoms with Gasteiger partial charge >= 0.3 is 0 Å². The van der Waals surface area contributed by atoms with Crippen LogP contribution in [0.1, 0.15) is 11.3 Å². The number of aryl methyl sites for hydroxylation is 1. The Morgan fingerprint density at radius 1 is 1.24 bits per heavy atom. The molecule has 2 heterocycles. The van der Waals surface area contributed by atoms with Gasteiger partial charge in [-0.05, 0) is 17.2 Å². The van der Waals surface area contributed by atoms with E-state index in [1.54, 1.807) is 11.9 Å². The summed E-state index contributed by atoms with van der Waals surface area (Å²) in [5, 5.41) is 0.0840. The fourth-order valence-corrected chi connectivity index (χ4v) is 4.30. The van der Waals surface area contributed by atoms with Crippen LogP contribution in [0.3, 0.4) is 0 Å². The first-order valence-corrected chi connectivity index (χ1v) is 8.54. The van der Waals surface area contributed by atoms with Gasteiger partial charge in [-0.1, -0.05) is 30.3 Å². The molecule has 0 saturated heterocycles. The monoisotopic (exact) mass is 323 g/mol. The van der Waals surface area contributed by atoms with Crippen LogP contribution in [0.25, 0.3) is 0 Å². The van der Waals surface area contributed by atoms with Crippen molar-refractivity contribution in [2.24, 2.45) is 0 Å². The number of hydrogen-bond donors (Lipinski definition) is 0. The molecule has 1 aliphatic rings. The number of sulfone groups is 1. The van der Waals surface area contributed by atoms with E-state index in [1.165, 1.54) is 0 Å². The second-order valence-electron chi connectivity index (χ2n) is 5.00. The molecule has 21 heavy (non-hydrogen) atoms. The third-order valence-electron chi connectivity index (χ3n) is 3.43. The van der Waals surface area contributed by atoms with Crippen LogP contribution in [0.5, 0.6) is 0 Å². The van der Waals surface area contributed by atoms with Gasteiger partial charge in [-0.3, -0.25) is 0 Å². The summed E-state index contributed by atoms with van der Waals surface area (Å²) >= 11 is 5.92. The van der Waals surface area contributed by atoms with Crippen molar-refractivity contribution >= 4 is 27.3 Å². The molecule has 1 aromatic carbocycles. The Morgan fingerprint density at radius 2 is 1.95 bits per heavy atom. The third-order valence-corrected chi connectivity index (χ3v) is 5.38. The van der Waals surface area contributed by atoms with E-state index in [1.807, 2.05) is 30.3 Å². The molecule has 0 radical (unpaired) electrons. The van der Waals surface area contributed by atoms with Crippen molar-refractivity contribution in [2.45, 2.75) is 17.9 Å².